The van der Waals surface area contributed by atoms with Gasteiger partial charge in [0.05, 0.1) is 0 Å². The highest BCUT2D eigenvalue weighted by molar-refractivity contribution is 5.14. The Kier molecular flexibility index (Phi) is 5.88. The van der Waals surface area contributed by atoms with E-state index in [1.165, 1.54) is 44.2 Å². The van der Waals surface area contributed by atoms with Gasteiger partial charge in [0, 0.05) is 44.9 Å². The number of rotatable bonds is 5. The summed E-state index contributed by atoms with van der Waals surface area (Å²) in [6.45, 7) is 4.78. The summed E-state index contributed by atoms with van der Waals surface area (Å²) in [6, 6.07) is 12.0. The number of hydrogen-bond donors (Lipinski definition) is 1. The summed E-state index contributed by atoms with van der Waals surface area (Å²) in [5, 5.41) is 9.45. The van der Waals surface area contributed by atoms with Crippen LogP contribution in [0.1, 0.15) is 44.1 Å². The van der Waals surface area contributed by atoms with Crippen molar-refractivity contribution >= 4 is 0 Å². The molecule has 2 fully saturated rings. The molecule has 1 aliphatic carbocycles. The zero-order chi connectivity index (χ0) is 15.2. The van der Waals surface area contributed by atoms with Crippen molar-refractivity contribution in [1.29, 1.82) is 0 Å². The van der Waals surface area contributed by atoms with E-state index in [9.17, 15) is 5.11 Å². The molecule has 0 spiro atoms. The Morgan fingerprint density at radius 2 is 1.77 bits per heavy atom. The third-order valence-electron chi connectivity index (χ3n) is 5.42. The number of aliphatic hydroxyl groups excluding tert-OH is 1. The van der Waals surface area contributed by atoms with Gasteiger partial charge in [0.2, 0.25) is 0 Å². The van der Waals surface area contributed by atoms with Gasteiger partial charge in [0.25, 0.3) is 0 Å². The molecular formula is C19H30N2O. The Balaban J connectivity index is 1.60. The molecule has 22 heavy (non-hydrogen) atoms. The van der Waals surface area contributed by atoms with Gasteiger partial charge in [-0.2, -0.15) is 0 Å². The van der Waals surface area contributed by atoms with Gasteiger partial charge in [0.1, 0.15) is 0 Å². The van der Waals surface area contributed by atoms with Crippen LogP contribution >= 0.6 is 0 Å². The smallest absolute Gasteiger partial charge is 0.0446 e. The van der Waals surface area contributed by atoms with Crippen LogP contribution in [0.4, 0.5) is 0 Å². The van der Waals surface area contributed by atoms with E-state index in [0.29, 0.717) is 12.6 Å². The van der Waals surface area contributed by atoms with Crippen LogP contribution in [0.25, 0.3) is 0 Å². The number of aliphatic hydroxyl groups is 1. The highest BCUT2D eigenvalue weighted by Gasteiger charge is 2.30. The minimum absolute atomic E-state index is 0.300. The molecule has 1 saturated heterocycles. The maximum absolute atomic E-state index is 9.45. The van der Waals surface area contributed by atoms with E-state index in [-0.39, 0.29) is 0 Å². The summed E-state index contributed by atoms with van der Waals surface area (Å²) >= 11 is 0. The number of benzene rings is 1. The highest BCUT2D eigenvalue weighted by Crippen LogP contribution is 2.26. The van der Waals surface area contributed by atoms with E-state index in [0.717, 1.165) is 32.1 Å². The molecule has 3 heteroatoms. The Hall–Kier alpha value is -0.900. The fourth-order valence-corrected chi connectivity index (χ4v) is 4.14. The summed E-state index contributed by atoms with van der Waals surface area (Å²) in [5.74, 6) is 0. The standard InChI is InChI=1S/C19H30N2O/c22-14-11-19-16-21(18-9-5-2-6-10-18)13-12-20(19)15-17-7-3-1-4-8-17/h1,3-4,7-8,18-19,22H,2,5-6,9-16H2/t19-/m0/s1. The zero-order valence-electron chi connectivity index (χ0n) is 13.7. The first-order chi connectivity index (χ1) is 10.9. The van der Waals surface area contributed by atoms with Crippen LogP contribution < -0.4 is 0 Å². The fourth-order valence-electron chi connectivity index (χ4n) is 4.14. The van der Waals surface area contributed by atoms with Crippen molar-refractivity contribution in [1.82, 2.24) is 9.80 Å². The van der Waals surface area contributed by atoms with Crippen molar-refractivity contribution < 1.29 is 5.11 Å². The Morgan fingerprint density at radius 3 is 2.50 bits per heavy atom. The van der Waals surface area contributed by atoms with Gasteiger partial charge in [-0.25, -0.2) is 0 Å². The van der Waals surface area contributed by atoms with Gasteiger partial charge in [-0.1, -0.05) is 49.6 Å². The van der Waals surface area contributed by atoms with Crippen molar-refractivity contribution in [2.75, 3.05) is 26.2 Å². The quantitative estimate of drug-likeness (QED) is 0.906. The minimum Gasteiger partial charge on any atom is -0.396 e. The number of piperazine rings is 1. The number of nitrogens with zero attached hydrogens (tertiary/aromatic N) is 2. The van der Waals surface area contributed by atoms with Crippen molar-refractivity contribution in [3.63, 3.8) is 0 Å². The molecule has 0 bridgehead atoms. The third kappa shape index (κ3) is 4.09. The molecule has 122 valence electrons. The largest absolute Gasteiger partial charge is 0.396 e. The van der Waals surface area contributed by atoms with Gasteiger partial charge in [-0.3, -0.25) is 9.80 Å². The molecule has 3 rings (SSSR count). The lowest BCUT2D eigenvalue weighted by Gasteiger charge is -2.45. The second-order valence-corrected chi connectivity index (χ2v) is 6.91. The first-order valence-electron chi connectivity index (χ1n) is 8.99. The van der Waals surface area contributed by atoms with Crippen LogP contribution in [0.2, 0.25) is 0 Å². The average molecular weight is 302 g/mol. The minimum atomic E-state index is 0.300. The topological polar surface area (TPSA) is 26.7 Å². The molecular weight excluding hydrogens is 272 g/mol. The predicted octanol–water partition coefficient (Wildman–Crippen LogP) is 2.89. The molecule has 1 saturated carbocycles. The lowest BCUT2D eigenvalue weighted by atomic mass is 9.93. The van der Waals surface area contributed by atoms with E-state index >= 15 is 0 Å². The van der Waals surface area contributed by atoms with Gasteiger partial charge in [-0.15, -0.1) is 0 Å². The van der Waals surface area contributed by atoms with E-state index in [1.54, 1.807) is 0 Å². The summed E-state index contributed by atoms with van der Waals surface area (Å²) in [5.41, 5.74) is 1.39. The SMILES string of the molecule is OCC[C@H]1CN(C2CCCCC2)CCN1Cc1ccccc1. The fraction of sp³-hybridized carbons (Fsp3) is 0.684. The van der Waals surface area contributed by atoms with Crippen molar-refractivity contribution in [2.45, 2.75) is 57.2 Å². The molecule has 1 atom stereocenters. The molecule has 1 heterocycles. The van der Waals surface area contributed by atoms with Gasteiger partial charge in [0.15, 0.2) is 0 Å². The maximum Gasteiger partial charge on any atom is 0.0446 e. The van der Waals surface area contributed by atoms with Crippen LogP contribution in [0, 0.1) is 0 Å². The third-order valence-corrected chi connectivity index (χ3v) is 5.42. The second kappa shape index (κ2) is 8.09. The van der Waals surface area contributed by atoms with Crippen molar-refractivity contribution in [2.24, 2.45) is 0 Å². The van der Waals surface area contributed by atoms with Crippen LogP contribution in [0.5, 0.6) is 0 Å². The molecule has 0 radical (unpaired) electrons. The van der Waals surface area contributed by atoms with Gasteiger partial charge in [-0.05, 0) is 24.8 Å². The first kappa shape index (κ1) is 16.0. The van der Waals surface area contributed by atoms with Crippen molar-refractivity contribution in [3.8, 4) is 0 Å². The van der Waals surface area contributed by atoms with Gasteiger partial charge >= 0.3 is 0 Å². The van der Waals surface area contributed by atoms with Crippen LogP contribution in [-0.2, 0) is 6.54 Å². The van der Waals surface area contributed by atoms with E-state index in [4.69, 9.17) is 0 Å². The van der Waals surface area contributed by atoms with Crippen molar-refractivity contribution in [3.05, 3.63) is 35.9 Å². The van der Waals surface area contributed by atoms with E-state index in [2.05, 4.69) is 40.1 Å². The average Bonchev–Trinajstić information content (AvgIpc) is 2.58. The normalized spacial score (nSPS) is 25.4. The summed E-state index contributed by atoms with van der Waals surface area (Å²) in [7, 11) is 0. The first-order valence-corrected chi connectivity index (χ1v) is 8.99. The van der Waals surface area contributed by atoms with E-state index in [1.807, 2.05) is 0 Å². The Bertz CT molecular complexity index is 430. The highest BCUT2D eigenvalue weighted by atomic mass is 16.3. The predicted molar refractivity (Wildman–Crippen MR) is 90.8 cm³/mol. The molecule has 0 aromatic heterocycles. The lowest BCUT2D eigenvalue weighted by molar-refractivity contribution is 0.0222. The van der Waals surface area contributed by atoms with Crippen LogP contribution in [0.3, 0.4) is 0 Å². The molecule has 2 aliphatic rings. The lowest BCUT2D eigenvalue weighted by Crippen LogP contribution is -2.56. The summed E-state index contributed by atoms with van der Waals surface area (Å²) in [4.78, 5) is 5.28. The zero-order valence-corrected chi connectivity index (χ0v) is 13.7. The second-order valence-electron chi connectivity index (χ2n) is 6.91. The summed E-state index contributed by atoms with van der Waals surface area (Å²) in [6.07, 6.45) is 7.88. The van der Waals surface area contributed by atoms with Crippen LogP contribution in [-0.4, -0.2) is 53.2 Å². The molecule has 0 unspecified atom stereocenters. The molecule has 1 aliphatic heterocycles. The number of hydrogen-bond acceptors (Lipinski definition) is 3. The molecule has 3 nitrogen and oxygen atoms in total. The molecule has 0 amide bonds. The monoisotopic (exact) mass is 302 g/mol. The molecule has 1 N–H and O–H groups in total. The Morgan fingerprint density at radius 1 is 1.00 bits per heavy atom. The summed E-state index contributed by atoms with van der Waals surface area (Å²) < 4.78 is 0. The maximum atomic E-state index is 9.45. The van der Waals surface area contributed by atoms with Gasteiger partial charge < -0.3 is 5.11 Å². The Labute approximate surface area is 134 Å². The van der Waals surface area contributed by atoms with Crippen LogP contribution in [0.15, 0.2) is 30.3 Å². The van der Waals surface area contributed by atoms with E-state index < -0.39 is 0 Å². The molecule has 1 aromatic rings. The molecule has 1 aromatic carbocycles.